The van der Waals surface area contributed by atoms with E-state index in [9.17, 15) is 5.26 Å². The van der Waals surface area contributed by atoms with Crippen LogP contribution in [0.15, 0.2) is 58.2 Å². The van der Waals surface area contributed by atoms with E-state index in [1.54, 1.807) is 12.1 Å². The first-order valence-electron chi connectivity index (χ1n) is 7.46. The number of hydrogen-bond acceptors (Lipinski definition) is 7. The van der Waals surface area contributed by atoms with Crippen molar-refractivity contribution in [3.05, 3.63) is 58.6 Å². The number of fused-ring (bicyclic) bond motifs is 1. The smallest absolute Gasteiger partial charge is 0.185 e. The molecule has 4 aromatic rings. The van der Waals surface area contributed by atoms with Crippen molar-refractivity contribution in [3.8, 4) is 16.6 Å². The molecular weight excluding hydrogens is 370 g/mol. The van der Waals surface area contributed by atoms with Crippen molar-refractivity contribution in [1.29, 1.82) is 5.26 Å². The first-order valence-corrected chi connectivity index (χ1v) is 8.72. The number of thiophene rings is 1. The van der Waals surface area contributed by atoms with Gasteiger partial charge in [0.1, 0.15) is 17.5 Å². The third-order valence-corrected chi connectivity index (χ3v) is 4.83. The zero-order chi connectivity index (χ0) is 18.1. The quantitative estimate of drug-likeness (QED) is 0.506. The Kier molecular flexibility index (Phi) is 4.08. The van der Waals surface area contributed by atoms with Gasteiger partial charge in [0, 0.05) is 6.20 Å². The Labute approximate surface area is 157 Å². The predicted octanol–water partition coefficient (Wildman–Crippen LogP) is 4.98. The van der Waals surface area contributed by atoms with Crippen LogP contribution in [0.2, 0.25) is 5.02 Å². The summed E-state index contributed by atoms with van der Waals surface area (Å²) in [5, 5.41) is 24.5. The van der Waals surface area contributed by atoms with Crippen LogP contribution in [-0.2, 0) is 0 Å². The molecule has 0 saturated heterocycles. The lowest BCUT2D eigenvalue weighted by atomic mass is 10.2. The zero-order valence-corrected chi connectivity index (χ0v) is 14.7. The van der Waals surface area contributed by atoms with Gasteiger partial charge in [0.15, 0.2) is 17.2 Å². The van der Waals surface area contributed by atoms with E-state index < -0.39 is 0 Å². The number of aromatic nitrogens is 3. The summed E-state index contributed by atoms with van der Waals surface area (Å²) in [6, 6.07) is 13.0. The summed E-state index contributed by atoms with van der Waals surface area (Å²) in [5.74, 6) is 0.168. The molecule has 0 saturated carbocycles. The normalized spacial score (nSPS) is 11.2. The van der Waals surface area contributed by atoms with Crippen LogP contribution in [0.25, 0.3) is 16.2 Å². The van der Waals surface area contributed by atoms with Crippen molar-refractivity contribution in [2.24, 2.45) is 10.2 Å². The van der Waals surface area contributed by atoms with Crippen molar-refractivity contribution in [2.45, 2.75) is 0 Å². The molecule has 0 spiro atoms. The fraction of sp³-hybridized carbons (Fsp3) is 0. The highest BCUT2D eigenvalue weighted by Crippen LogP contribution is 2.35. The van der Waals surface area contributed by atoms with Crippen LogP contribution >= 0.6 is 22.9 Å². The molecule has 2 N–H and O–H groups in total. The highest BCUT2D eigenvalue weighted by atomic mass is 35.5. The largest absolute Gasteiger partial charge is 0.380 e. The van der Waals surface area contributed by atoms with Gasteiger partial charge in [0.2, 0.25) is 0 Å². The molecule has 3 heterocycles. The molecule has 1 aromatic carbocycles. The van der Waals surface area contributed by atoms with Gasteiger partial charge in [0.05, 0.1) is 15.5 Å². The second-order valence-corrected chi connectivity index (χ2v) is 6.59. The van der Waals surface area contributed by atoms with Gasteiger partial charge in [0.25, 0.3) is 0 Å². The van der Waals surface area contributed by atoms with Gasteiger partial charge in [-0.25, -0.2) is 9.50 Å². The van der Waals surface area contributed by atoms with E-state index in [0.29, 0.717) is 33.3 Å². The molecule has 0 bridgehead atoms. The van der Waals surface area contributed by atoms with Crippen LogP contribution in [0.1, 0.15) is 5.56 Å². The van der Waals surface area contributed by atoms with Crippen molar-refractivity contribution >= 4 is 45.8 Å². The van der Waals surface area contributed by atoms with Crippen LogP contribution in [-0.4, -0.2) is 14.6 Å². The van der Waals surface area contributed by atoms with Crippen molar-refractivity contribution in [3.63, 3.8) is 0 Å². The highest BCUT2D eigenvalue weighted by Gasteiger charge is 2.19. The SMILES string of the molecule is N#Cc1cnc2c(N=Nc3ccccc3Cl)c(N)nn2c1-c1cccs1. The molecular formula is C17H10ClN7S. The molecule has 0 amide bonds. The zero-order valence-electron chi connectivity index (χ0n) is 13.2. The van der Waals surface area contributed by atoms with Crippen LogP contribution in [0.3, 0.4) is 0 Å². The maximum atomic E-state index is 9.42. The molecule has 0 aliphatic carbocycles. The summed E-state index contributed by atoms with van der Waals surface area (Å²) in [6.07, 6.45) is 1.49. The number of nitrogens with two attached hydrogens (primary N) is 1. The lowest BCUT2D eigenvalue weighted by molar-refractivity contribution is 0.952. The first-order chi connectivity index (χ1) is 12.7. The maximum Gasteiger partial charge on any atom is 0.185 e. The third kappa shape index (κ3) is 2.69. The van der Waals surface area contributed by atoms with Gasteiger partial charge in [-0.3, -0.25) is 0 Å². The molecule has 7 nitrogen and oxygen atoms in total. The molecule has 4 rings (SSSR count). The lowest BCUT2D eigenvalue weighted by Gasteiger charge is -2.03. The van der Waals surface area contributed by atoms with E-state index in [-0.39, 0.29) is 5.82 Å². The van der Waals surface area contributed by atoms with Gasteiger partial charge in [-0.15, -0.1) is 26.7 Å². The Morgan fingerprint density at radius 3 is 2.77 bits per heavy atom. The first kappa shape index (κ1) is 16.2. The van der Waals surface area contributed by atoms with Crippen molar-refractivity contribution in [1.82, 2.24) is 14.6 Å². The standard InChI is InChI=1S/C17H10ClN7S/c18-11-4-1-2-5-12(11)22-23-14-16(20)24-25-15(13-6-3-7-26-13)10(8-19)9-21-17(14)25/h1-7,9H,(H2,20,24). The summed E-state index contributed by atoms with van der Waals surface area (Å²) in [4.78, 5) is 5.17. The minimum Gasteiger partial charge on any atom is -0.380 e. The van der Waals surface area contributed by atoms with Gasteiger partial charge < -0.3 is 5.73 Å². The molecule has 26 heavy (non-hydrogen) atoms. The number of benzene rings is 1. The number of nitriles is 1. The van der Waals surface area contributed by atoms with Gasteiger partial charge in [-0.2, -0.15) is 5.26 Å². The minimum atomic E-state index is 0.168. The van der Waals surface area contributed by atoms with Gasteiger partial charge in [-0.05, 0) is 23.6 Å². The number of azo groups is 1. The fourth-order valence-corrected chi connectivity index (χ4v) is 3.40. The van der Waals surface area contributed by atoms with Crippen molar-refractivity contribution < 1.29 is 0 Å². The second kappa shape index (κ2) is 6.55. The molecule has 0 unspecified atom stereocenters. The minimum absolute atomic E-state index is 0.168. The molecule has 0 atom stereocenters. The van der Waals surface area contributed by atoms with Gasteiger partial charge >= 0.3 is 0 Å². The van der Waals surface area contributed by atoms with E-state index >= 15 is 0 Å². The summed E-state index contributed by atoms with van der Waals surface area (Å²) in [6.45, 7) is 0. The Balaban J connectivity index is 1.91. The summed E-state index contributed by atoms with van der Waals surface area (Å²) < 4.78 is 1.53. The third-order valence-electron chi connectivity index (χ3n) is 3.63. The fourth-order valence-electron chi connectivity index (χ4n) is 2.45. The number of anilines is 1. The second-order valence-electron chi connectivity index (χ2n) is 5.23. The number of nitrogen functional groups attached to an aromatic ring is 1. The van der Waals surface area contributed by atoms with Crippen LogP contribution in [0.4, 0.5) is 17.2 Å². The summed E-state index contributed by atoms with van der Waals surface area (Å²) in [5.41, 5.74) is 8.31. The molecule has 0 fully saturated rings. The molecule has 0 radical (unpaired) electrons. The maximum absolute atomic E-state index is 9.42. The van der Waals surface area contributed by atoms with E-state index in [0.717, 1.165) is 4.88 Å². The lowest BCUT2D eigenvalue weighted by Crippen LogP contribution is -1.99. The topological polar surface area (TPSA) is 105 Å². The van der Waals surface area contributed by atoms with Crippen LogP contribution in [0.5, 0.6) is 0 Å². The number of hydrogen-bond donors (Lipinski definition) is 1. The summed E-state index contributed by atoms with van der Waals surface area (Å²) in [7, 11) is 0. The monoisotopic (exact) mass is 379 g/mol. The average molecular weight is 380 g/mol. The molecule has 3 aromatic heterocycles. The van der Waals surface area contributed by atoms with E-state index in [4.69, 9.17) is 17.3 Å². The van der Waals surface area contributed by atoms with Crippen molar-refractivity contribution in [2.75, 3.05) is 5.73 Å². The molecule has 0 aliphatic heterocycles. The molecule has 0 aliphatic rings. The number of nitrogens with zero attached hydrogens (tertiary/aromatic N) is 6. The average Bonchev–Trinajstić information content (AvgIpc) is 3.28. The molecule has 126 valence electrons. The molecule has 9 heteroatoms. The Hall–Kier alpha value is -3.28. The Morgan fingerprint density at radius 2 is 2.04 bits per heavy atom. The van der Waals surface area contributed by atoms with E-state index in [2.05, 4.69) is 26.4 Å². The highest BCUT2D eigenvalue weighted by molar-refractivity contribution is 7.13. The van der Waals surface area contributed by atoms with Crippen LogP contribution in [0, 0.1) is 11.3 Å². The number of rotatable bonds is 3. The van der Waals surface area contributed by atoms with E-state index in [1.807, 2.05) is 29.6 Å². The van der Waals surface area contributed by atoms with Crippen LogP contribution < -0.4 is 5.73 Å². The number of halogens is 1. The Morgan fingerprint density at radius 1 is 1.19 bits per heavy atom. The van der Waals surface area contributed by atoms with E-state index in [1.165, 1.54) is 22.0 Å². The van der Waals surface area contributed by atoms with Gasteiger partial charge in [-0.1, -0.05) is 29.8 Å². The predicted molar refractivity (Wildman–Crippen MR) is 101 cm³/mol. The summed E-state index contributed by atoms with van der Waals surface area (Å²) >= 11 is 7.59. The Bertz CT molecular complexity index is 1170.